The van der Waals surface area contributed by atoms with Crippen molar-refractivity contribution in [3.8, 4) is 0 Å². The Morgan fingerprint density at radius 3 is 2.48 bits per heavy atom. The minimum absolute atomic E-state index is 0.0893. The van der Waals surface area contributed by atoms with E-state index in [1.807, 2.05) is 0 Å². The van der Waals surface area contributed by atoms with Crippen molar-refractivity contribution >= 4 is 17.7 Å². The molecule has 1 saturated carbocycles. The van der Waals surface area contributed by atoms with Crippen LogP contribution in [0.1, 0.15) is 23.2 Å². The number of carboxylic acid groups (broad SMARTS) is 1. The topological polar surface area (TPSA) is 87.7 Å². The van der Waals surface area contributed by atoms with Gasteiger partial charge in [-0.3, -0.25) is 0 Å². The Labute approximate surface area is 119 Å². The van der Waals surface area contributed by atoms with Crippen LogP contribution in [-0.4, -0.2) is 36.4 Å². The minimum Gasteiger partial charge on any atom is -0.478 e. The van der Waals surface area contributed by atoms with Gasteiger partial charge in [-0.05, 0) is 18.9 Å². The maximum Gasteiger partial charge on any atom is 0.337 e. The van der Waals surface area contributed by atoms with Gasteiger partial charge in [-0.2, -0.15) is 0 Å². The first-order valence-electron chi connectivity index (χ1n) is 6.23. The van der Waals surface area contributed by atoms with Gasteiger partial charge in [-0.1, -0.05) is 0 Å². The molecule has 8 heteroatoms. The van der Waals surface area contributed by atoms with E-state index in [-0.39, 0.29) is 17.8 Å². The predicted octanol–water partition coefficient (Wildman–Crippen LogP) is 1.96. The second-order valence-corrected chi connectivity index (χ2v) is 4.74. The van der Waals surface area contributed by atoms with E-state index in [4.69, 9.17) is 9.84 Å². The molecular formula is C13H14F2N2O4. The van der Waals surface area contributed by atoms with E-state index < -0.39 is 29.2 Å². The zero-order chi connectivity index (χ0) is 15.6. The van der Waals surface area contributed by atoms with Crippen LogP contribution in [0.15, 0.2) is 12.1 Å². The van der Waals surface area contributed by atoms with Crippen LogP contribution in [0, 0.1) is 11.6 Å². The molecule has 0 aromatic heterocycles. The largest absolute Gasteiger partial charge is 0.478 e. The zero-order valence-corrected chi connectivity index (χ0v) is 11.2. The lowest BCUT2D eigenvalue weighted by molar-refractivity contribution is 0.0210. The Balaban J connectivity index is 2.03. The maximum absolute atomic E-state index is 13.2. The number of anilines is 1. The standard InChI is InChI=1S/C13H14F2N2O4/c1-21-7-2-6(3-7)16-13(20)17-11-5-10(15)9(14)4-8(11)12(18)19/h4-7H,2-3H2,1H3,(H,18,19)(H2,16,17,20). The van der Waals surface area contributed by atoms with E-state index in [1.165, 1.54) is 0 Å². The first-order chi connectivity index (χ1) is 9.90. The molecule has 0 bridgehead atoms. The first kappa shape index (κ1) is 15.2. The van der Waals surface area contributed by atoms with Crippen molar-refractivity contribution in [1.29, 1.82) is 0 Å². The highest BCUT2D eigenvalue weighted by Crippen LogP contribution is 2.23. The summed E-state index contributed by atoms with van der Waals surface area (Å²) in [5.41, 5.74) is -0.825. The molecule has 2 rings (SSSR count). The van der Waals surface area contributed by atoms with E-state index in [2.05, 4.69) is 10.6 Å². The number of amides is 2. The molecule has 1 aromatic rings. The van der Waals surface area contributed by atoms with Gasteiger partial charge >= 0.3 is 12.0 Å². The fraction of sp³-hybridized carbons (Fsp3) is 0.385. The third-order valence-corrected chi connectivity index (χ3v) is 3.30. The van der Waals surface area contributed by atoms with Crippen molar-refractivity contribution in [2.24, 2.45) is 0 Å². The summed E-state index contributed by atoms with van der Waals surface area (Å²) in [7, 11) is 1.57. The summed E-state index contributed by atoms with van der Waals surface area (Å²) in [5.74, 6) is -3.99. The fourth-order valence-corrected chi connectivity index (χ4v) is 2.05. The summed E-state index contributed by atoms with van der Waals surface area (Å²) >= 11 is 0. The zero-order valence-electron chi connectivity index (χ0n) is 11.2. The van der Waals surface area contributed by atoms with Crippen molar-refractivity contribution in [2.45, 2.75) is 25.0 Å². The lowest BCUT2D eigenvalue weighted by Crippen LogP contribution is -2.48. The monoisotopic (exact) mass is 300 g/mol. The van der Waals surface area contributed by atoms with Gasteiger partial charge in [0.1, 0.15) is 0 Å². The number of methoxy groups -OCH3 is 1. The smallest absolute Gasteiger partial charge is 0.337 e. The van der Waals surface area contributed by atoms with Crippen molar-refractivity contribution in [1.82, 2.24) is 5.32 Å². The first-order valence-corrected chi connectivity index (χ1v) is 6.23. The molecule has 2 amide bonds. The molecule has 0 spiro atoms. The fourth-order valence-electron chi connectivity index (χ4n) is 2.05. The summed E-state index contributed by atoms with van der Waals surface area (Å²) in [6, 6.07) is 0.394. The second-order valence-electron chi connectivity index (χ2n) is 4.74. The number of hydrogen-bond donors (Lipinski definition) is 3. The van der Waals surface area contributed by atoms with Crippen LogP contribution in [0.4, 0.5) is 19.3 Å². The van der Waals surface area contributed by atoms with Crippen LogP contribution >= 0.6 is 0 Å². The van der Waals surface area contributed by atoms with E-state index >= 15 is 0 Å². The van der Waals surface area contributed by atoms with E-state index in [0.717, 1.165) is 0 Å². The summed E-state index contributed by atoms with van der Waals surface area (Å²) in [6.07, 6.45) is 1.38. The minimum atomic E-state index is -1.47. The quantitative estimate of drug-likeness (QED) is 0.793. The van der Waals surface area contributed by atoms with E-state index in [1.54, 1.807) is 7.11 Å². The molecule has 1 aliphatic carbocycles. The van der Waals surface area contributed by atoms with E-state index in [9.17, 15) is 18.4 Å². The van der Waals surface area contributed by atoms with Gasteiger partial charge in [-0.25, -0.2) is 18.4 Å². The van der Waals surface area contributed by atoms with Crippen LogP contribution in [-0.2, 0) is 4.74 Å². The number of ether oxygens (including phenoxy) is 1. The van der Waals surface area contributed by atoms with Gasteiger partial charge in [0.15, 0.2) is 11.6 Å². The number of aromatic carboxylic acids is 1. The highest BCUT2D eigenvalue weighted by molar-refractivity contribution is 6.00. The van der Waals surface area contributed by atoms with Crippen LogP contribution in [0.2, 0.25) is 0 Å². The molecule has 6 nitrogen and oxygen atoms in total. The average Bonchev–Trinajstić information content (AvgIpc) is 2.37. The van der Waals surface area contributed by atoms with Gasteiger partial charge in [0, 0.05) is 19.2 Å². The molecule has 0 radical (unpaired) electrons. The Hall–Kier alpha value is -2.22. The molecule has 1 fully saturated rings. The molecule has 0 heterocycles. The molecule has 0 aliphatic heterocycles. The lowest BCUT2D eigenvalue weighted by atomic mass is 9.89. The maximum atomic E-state index is 13.2. The molecule has 1 aliphatic rings. The number of carbonyl (C=O) groups excluding carboxylic acids is 1. The number of rotatable bonds is 4. The van der Waals surface area contributed by atoms with Crippen molar-refractivity contribution in [2.75, 3.05) is 12.4 Å². The highest BCUT2D eigenvalue weighted by Gasteiger charge is 2.30. The van der Waals surface area contributed by atoms with Crippen LogP contribution in [0.25, 0.3) is 0 Å². The SMILES string of the molecule is COC1CC(NC(=O)Nc2cc(F)c(F)cc2C(=O)O)C1. The summed E-state index contributed by atoms with van der Waals surface area (Å²) in [5, 5.41) is 13.7. The number of hydrogen-bond acceptors (Lipinski definition) is 3. The Kier molecular flexibility index (Phi) is 4.37. The molecular weight excluding hydrogens is 286 g/mol. The van der Waals surface area contributed by atoms with Gasteiger partial charge in [0.05, 0.1) is 17.4 Å². The number of carboxylic acids is 1. The highest BCUT2D eigenvalue weighted by atomic mass is 19.2. The van der Waals surface area contributed by atoms with Crippen LogP contribution < -0.4 is 10.6 Å². The van der Waals surface area contributed by atoms with Gasteiger partial charge < -0.3 is 20.5 Å². The summed E-state index contributed by atoms with van der Waals surface area (Å²) < 4.78 is 31.2. The van der Waals surface area contributed by atoms with Crippen molar-refractivity contribution < 1.29 is 28.2 Å². The predicted molar refractivity (Wildman–Crippen MR) is 69.3 cm³/mol. The normalized spacial score (nSPS) is 20.5. The molecule has 114 valence electrons. The lowest BCUT2D eigenvalue weighted by Gasteiger charge is -2.34. The summed E-state index contributed by atoms with van der Waals surface area (Å²) in [6.45, 7) is 0. The number of urea groups is 1. The van der Waals surface area contributed by atoms with Crippen molar-refractivity contribution in [3.05, 3.63) is 29.3 Å². The molecule has 3 N–H and O–H groups in total. The average molecular weight is 300 g/mol. The third kappa shape index (κ3) is 3.46. The number of benzene rings is 1. The number of nitrogens with one attached hydrogen (secondary N) is 2. The molecule has 21 heavy (non-hydrogen) atoms. The Bertz CT molecular complexity index is 574. The Morgan fingerprint density at radius 1 is 1.29 bits per heavy atom. The van der Waals surface area contributed by atoms with Gasteiger partial charge in [-0.15, -0.1) is 0 Å². The summed E-state index contributed by atoms with van der Waals surface area (Å²) in [4.78, 5) is 22.7. The number of carbonyl (C=O) groups is 2. The molecule has 0 saturated heterocycles. The van der Waals surface area contributed by atoms with Crippen molar-refractivity contribution in [3.63, 3.8) is 0 Å². The molecule has 1 aromatic carbocycles. The Morgan fingerprint density at radius 2 is 1.90 bits per heavy atom. The van der Waals surface area contributed by atoms with Gasteiger partial charge in [0.25, 0.3) is 0 Å². The van der Waals surface area contributed by atoms with Gasteiger partial charge in [0.2, 0.25) is 0 Å². The van der Waals surface area contributed by atoms with E-state index in [0.29, 0.717) is 25.0 Å². The third-order valence-electron chi connectivity index (χ3n) is 3.30. The van der Waals surface area contributed by atoms with Crippen LogP contribution in [0.3, 0.4) is 0 Å². The molecule has 0 unspecified atom stereocenters. The number of halogens is 2. The molecule has 0 atom stereocenters. The second kappa shape index (κ2) is 6.04. The van der Waals surface area contributed by atoms with Crippen LogP contribution in [0.5, 0.6) is 0 Å².